The highest BCUT2D eigenvalue weighted by molar-refractivity contribution is 7.15. The number of aromatic nitrogens is 1. The van der Waals surface area contributed by atoms with E-state index in [1.165, 1.54) is 18.3 Å². The van der Waals surface area contributed by atoms with Crippen LogP contribution in [0.4, 0.5) is 25.2 Å². The van der Waals surface area contributed by atoms with E-state index < -0.39 is 29.1 Å². The maximum Gasteiger partial charge on any atom is 0.412 e. The lowest BCUT2D eigenvalue weighted by Crippen LogP contribution is -2.59. The summed E-state index contributed by atoms with van der Waals surface area (Å²) in [6.07, 6.45) is -0.563. The molecular weight excluding hydrogens is 624 g/mol. The smallest absolute Gasteiger partial charge is 0.387 e. The Bertz CT molecular complexity index is 1410. The van der Waals surface area contributed by atoms with Crippen molar-refractivity contribution in [3.63, 3.8) is 0 Å². The highest BCUT2D eigenvalue weighted by Crippen LogP contribution is 2.37. The van der Waals surface area contributed by atoms with Gasteiger partial charge in [0.15, 0.2) is 5.13 Å². The molecule has 2 heterocycles. The molecule has 3 rings (SSSR count). The summed E-state index contributed by atoms with van der Waals surface area (Å²) in [6, 6.07) is 7.49. The van der Waals surface area contributed by atoms with Gasteiger partial charge in [0.25, 0.3) is 0 Å². The Hall–Kier alpha value is -4.11. The number of urea groups is 1. The van der Waals surface area contributed by atoms with Crippen molar-refractivity contribution in [2.24, 2.45) is 11.1 Å². The van der Waals surface area contributed by atoms with Gasteiger partial charge in [0, 0.05) is 69.8 Å². The van der Waals surface area contributed by atoms with Gasteiger partial charge in [-0.15, -0.1) is 11.3 Å². The number of carbonyl (C=O) groups excluding carboxylic acids is 4. The number of benzene rings is 1. The third kappa shape index (κ3) is 11.0. The van der Waals surface area contributed by atoms with Crippen molar-refractivity contribution in [2.75, 3.05) is 50.9 Å². The number of nitrogens with two attached hydrogens (primary N) is 1. The number of thiazole rings is 1. The van der Waals surface area contributed by atoms with Gasteiger partial charge in [0.2, 0.25) is 5.91 Å². The predicted octanol–water partition coefficient (Wildman–Crippen LogP) is 4.42. The lowest BCUT2D eigenvalue weighted by Gasteiger charge is -2.42. The van der Waals surface area contributed by atoms with Crippen LogP contribution in [-0.2, 0) is 33.7 Å². The molecule has 1 saturated heterocycles. The molecular formula is C32H50N8O6S. The van der Waals surface area contributed by atoms with E-state index >= 15 is 0 Å². The Kier molecular flexibility index (Phi) is 12.1. The number of piperazine rings is 1. The number of aryl methyl sites for hydroxylation is 2. The van der Waals surface area contributed by atoms with Crippen LogP contribution in [0.25, 0.3) is 0 Å². The van der Waals surface area contributed by atoms with Crippen molar-refractivity contribution in [3.8, 4) is 0 Å². The van der Waals surface area contributed by atoms with Crippen LogP contribution in [0.1, 0.15) is 64.6 Å². The van der Waals surface area contributed by atoms with Crippen molar-refractivity contribution in [2.45, 2.75) is 79.3 Å². The van der Waals surface area contributed by atoms with Gasteiger partial charge in [0.1, 0.15) is 0 Å². The minimum Gasteiger partial charge on any atom is -0.387 e. The molecule has 1 unspecified atom stereocenters. The average Bonchev–Trinajstić information content (AvgIpc) is 3.30. The summed E-state index contributed by atoms with van der Waals surface area (Å²) in [5, 5.41) is 9.18. The molecule has 1 aliphatic rings. The second-order valence-electron chi connectivity index (χ2n) is 13.9. The van der Waals surface area contributed by atoms with Gasteiger partial charge in [-0.3, -0.25) is 9.69 Å². The first kappa shape index (κ1) is 37.3. The highest BCUT2D eigenvalue weighted by atomic mass is 32.1. The Balaban J connectivity index is 1.74. The molecule has 15 heteroatoms. The largest absolute Gasteiger partial charge is 0.412 e. The summed E-state index contributed by atoms with van der Waals surface area (Å²) in [6.45, 7) is 15.6. The van der Waals surface area contributed by atoms with E-state index in [4.69, 9.17) is 20.2 Å². The minimum atomic E-state index is -1.91. The van der Waals surface area contributed by atoms with Crippen molar-refractivity contribution in [3.05, 3.63) is 40.4 Å². The first-order chi connectivity index (χ1) is 21.8. The number of anilines is 2. The maximum atomic E-state index is 12.8. The first-order valence-electron chi connectivity index (χ1n) is 15.6. The van der Waals surface area contributed by atoms with Gasteiger partial charge in [0.05, 0.1) is 11.1 Å². The molecule has 1 aromatic heterocycles. The number of hydrogen-bond acceptors (Lipinski definition) is 10. The highest BCUT2D eigenvalue weighted by Gasteiger charge is 2.50. The minimum absolute atomic E-state index is 0.0142. The van der Waals surface area contributed by atoms with E-state index in [1.807, 2.05) is 29.2 Å². The van der Waals surface area contributed by atoms with E-state index in [0.29, 0.717) is 43.3 Å². The fraction of sp³-hybridized carbons (Fsp3) is 0.594. The molecule has 5 amide bonds. The van der Waals surface area contributed by atoms with Crippen LogP contribution in [0.5, 0.6) is 0 Å². The Morgan fingerprint density at radius 2 is 1.57 bits per heavy atom. The Morgan fingerprint density at radius 1 is 0.957 bits per heavy atom. The van der Waals surface area contributed by atoms with Gasteiger partial charge in [-0.1, -0.05) is 32.9 Å². The van der Waals surface area contributed by atoms with Crippen molar-refractivity contribution in [1.82, 2.24) is 25.0 Å². The van der Waals surface area contributed by atoms with Crippen LogP contribution in [0.3, 0.4) is 0 Å². The van der Waals surface area contributed by atoms with Crippen molar-refractivity contribution in [1.29, 1.82) is 0 Å². The zero-order valence-electron chi connectivity index (χ0n) is 29.0. The van der Waals surface area contributed by atoms with E-state index in [2.05, 4.69) is 20.9 Å². The first-order valence-corrected chi connectivity index (χ1v) is 16.4. The molecule has 1 atom stereocenters. The lowest BCUT2D eigenvalue weighted by molar-refractivity contribution is -0.202. The molecule has 1 fully saturated rings. The quantitative estimate of drug-likeness (QED) is 0.266. The zero-order valence-corrected chi connectivity index (χ0v) is 29.8. The standard InChI is InChI=1S/C32H50N8O6S/c1-21(41)34-27-35-24(25(47-27)20-39-16-18-40(19-17-39)29(44)38(8)9)15-12-22-10-13-23(14-11-22)36-32(30(2,3)4,45-26(33)42)46-28(43)37-31(5,6)7/h10-11,13-14,36H,12,15-20H2,1-9H3,(H2,33,42)(H,37,43)(H,34,35,41). The molecule has 14 nitrogen and oxygen atoms in total. The summed E-state index contributed by atoms with van der Waals surface area (Å²) < 4.78 is 11.2. The van der Waals surface area contributed by atoms with Crippen LogP contribution in [0, 0.1) is 5.41 Å². The third-order valence-electron chi connectivity index (χ3n) is 7.31. The number of ether oxygens (including phenoxy) is 2. The molecule has 0 bridgehead atoms. The van der Waals surface area contributed by atoms with Gasteiger partial charge >= 0.3 is 24.1 Å². The summed E-state index contributed by atoms with van der Waals surface area (Å²) in [4.78, 5) is 60.4. The second-order valence-corrected chi connectivity index (χ2v) is 15.0. The van der Waals surface area contributed by atoms with E-state index in [9.17, 15) is 19.2 Å². The number of hydrogen-bond donors (Lipinski definition) is 4. The number of nitrogens with zero attached hydrogens (tertiary/aromatic N) is 4. The molecule has 0 saturated carbocycles. The maximum absolute atomic E-state index is 12.8. The molecule has 2 aromatic rings. The topological polar surface area (TPSA) is 171 Å². The molecule has 47 heavy (non-hydrogen) atoms. The molecule has 1 aromatic carbocycles. The van der Waals surface area contributed by atoms with Crippen LogP contribution in [0.15, 0.2) is 24.3 Å². The third-order valence-corrected chi connectivity index (χ3v) is 8.31. The lowest BCUT2D eigenvalue weighted by atomic mass is 9.90. The Morgan fingerprint density at radius 3 is 2.09 bits per heavy atom. The Labute approximate surface area is 281 Å². The van der Waals surface area contributed by atoms with Crippen molar-refractivity contribution < 1.29 is 28.7 Å². The molecule has 0 radical (unpaired) electrons. The van der Waals surface area contributed by atoms with E-state index in [-0.39, 0.29) is 11.9 Å². The number of carbonyl (C=O) groups is 4. The number of amides is 5. The number of nitrogens with one attached hydrogen (secondary N) is 3. The monoisotopic (exact) mass is 674 g/mol. The van der Waals surface area contributed by atoms with Gasteiger partial charge in [-0.25, -0.2) is 19.4 Å². The number of rotatable bonds is 10. The summed E-state index contributed by atoms with van der Waals surface area (Å²) >= 11 is 1.47. The molecule has 0 spiro atoms. The normalized spacial score (nSPS) is 15.3. The molecule has 5 N–H and O–H groups in total. The SMILES string of the molecule is CC(=O)Nc1nc(CCc2ccc(NC(OC(N)=O)(OC(=O)NC(C)(C)C)C(C)(C)C)cc2)c(CN2CCN(C(=O)N(C)C)CC2)s1. The van der Waals surface area contributed by atoms with Crippen LogP contribution in [-0.4, -0.2) is 95.5 Å². The van der Waals surface area contributed by atoms with Gasteiger partial charge in [-0.2, -0.15) is 0 Å². The van der Waals surface area contributed by atoms with Gasteiger partial charge < -0.3 is 41.0 Å². The molecule has 0 aliphatic carbocycles. The van der Waals surface area contributed by atoms with E-state index in [1.54, 1.807) is 60.5 Å². The number of primary amides is 1. The molecule has 260 valence electrons. The summed E-state index contributed by atoms with van der Waals surface area (Å²) in [5.41, 5.74) is 6.39. The van der Waals surface area contributed by atoms with Crippen LogP contribution >= 0.6 is 11.3 Å². The summed E-state index contributed by atoms with van der Waals surface area (Å²) in [5.74, 6) is -2.08. The fourth-order valence-corrected chi connectivity index (χ4v) is 5.96. The van der Waals surface area contributed by atoms with Crippen LogP contribution in [0.2, 0.25) is 0 Å². The van der Waals surface area contributed by atoms with Crippen LogP contribution < -0.4 is 21.7 Å². The fourth-order valence-electron chi connectivity index (χ4n) is 4.87. The average molecular weight is 675 g/mol. The summed E-state index contributed by atoms with van der Waals surface area (Å²) in [7, 11) is 3.51. The predicted molar refractivity (Wildman–Crippen MR) is 182 cm³/mol. The second kappa shape index (κ2) is 15.2. The zero-order chi connectivity index (χ0) is 35.2. The van der Waals surface area contributed by atoms with Gasteiger partial charge in [-0.05, 0) is 51.3 Å². The molecule has 1 aliphatic heterocycles. The number of alkyl carbamates (subject to hydrolysis) is 1. The van der Waals surface area contributed by atoms with Crippen molar-refractivity contribution >= 4 is 46.3 Å². The van der Waals surface area contributed by atoms with E-state index in [0.717, 1.165) is 29.2 Å².